The number of thiophene rings is 1. The molecule has 1 aliphatic heterocycles. The Labute approximate surface area is 168 Å². The van der Waals surface area contributed by atoms with E-state index in [9.17, 15) is 0 Å². The van der Waals surface area contributed by atoms with Crippen LogP contribution in [-0.2, 0) is 13.0 Å². The highest BCUT2D eigenvalue weighted by Crippen LogP contribution is 2.36. The van der Waals surface area contributed by atoms with Crippen LogP contribution in [0.25, 0.3) is 16.7 Å². The summed E-state index contributed by atoms with van der Waals surface area (Å²) in [5.41, 5.74) is 6.18. The van der Waals surface area contributed by atoms with Crippen LogP contribution in [0.5, 0.6) is 0 Å². The zero-order chi connectivity index (χ0) is 18.8. The maximum absolute atomic E-state index is 4.72. The van der Waals surface area contributed by atoms with Crippen molar-refractivity contribution in [1.82, 2.24) is 14.8 Å². The Morgan fingerprint density at radius 2 is 1.89 bits per heavy atom. The van der Waals surface area contributed by atoms with Gasteiger partial charge in [0.25, 0.3) is 0 Å². The van der Waals surface area contributed by atoms with Gasteiger partial charge in [-0.1, -0.05) is 36.4 Å². The van der Waals surface area contributed by atoms with Gasteiger partial charge in [0, 0.05) is 30.7 Å². The first-order chi connectivity index (χ1) is 13.9. The Hall–Kier alpha value is -3.18. The molecule has 0 radical (unpaired) electrons. The zero-order valence-electron chi connectivity index (χ0n) is 15.4. The summed E-state index contributed by atoms with van der Waals surface area (Å²) in [7, 11) is 0. The van der Waals surface area contributed by atoms with Crippen LogP contribution < -0.4 is 4.90 Å². The van der Waals surface area contributed by atoms with E-state index >= 15 is 0 Å². The number of pyridine rings is 1. The van der Waals surface area contributed by atoms with Gasteiger partial charge in [-0.2, -0.15) is 16.4 Å². The second kappa shape index (κ2) is 7.44. The van der Waals surface area contributed by atoms with Gasteiger partial charge in [-0.15, -0.1) is 0 Å². The third-order valence-electron chi connectivity index (χ3n) is 5.06. The lowest BCUT2D eigenvalue weighted by atomic mass is 10.1. The molecule has 0 saturated heterocycles. The second-order valence-corrected chi connectivity index (χ2v) is 7.66. The molecular formula is C23H20N4S. The minimum absolute atomic E-state index is 0.794. The van der Waals surface area contributed by atoms with Crippen LogP contribution >= 0.6 is 11.3 Å². The van der Waals surface area contributed by atoms with Crippen molar-refractivity contribution < 1.29 is 0 Å². The van der Waals surface area contributed by atoms with Crippen molar-refractivity contribution in [1.29, 1.82) is 0 Å². The van der Waals surface area contributed by atoms with Gasteiger partial charge in [-0.25, -0.2) is 4.68 Å². The fraction of sp³-hybridized carbons (Fsp3) is 0.130. The van der Waals surface area contributed by atoms with E-state index < -0.39 is 0 Å². The van der Waals surface area contributed by atoms with Crippen molar-refractivity contribution in [3.8, 4) is 11.1 Å². The van der Waals surface area contributed by atoms with E-state index in [1.54, 1.807) is 11.3 Å². The molecule has 0 saturated carbocycles. The van der Waals surface area contributed by atoms with Gasteiger partial charge in [0.1, 0.15) is 5.82 Å². The van der Waals surface area contributed by atoms with E-state index in [4.69, 9.17) is 5.10 Å². The minimum Gasteiger partial charge on any atom is -0.332 e. The lowest BCUT2D eigenvalue weighted by Crippen LogP contribution is -2.28. The number of anilines is 1. The highest BCUT2D eigenvalue weighted by atomic mass is 32.1. The lowest BCUT2D eigenvalue weighted by Gasteiger charge is -2.29. The SMILES string of the molecule is C1=C(c2ccsc2)Cn2ncc(-c3ccccc3)c2N1CCc1cccnc1. The number of nitrogens with zero attached hydrogens (tertiary/aromatic N) is 4. The predicted octanol–water partition coefficient (Wildman–Crippen LogP) is 5.11. The maximum Gasteiger partial charge on any atom is 0.139 e. The van der Waals surface area contributed by atoms with E-state index in [-0.39, 0.29) is 0 Å². The Bertz CT molecular complexity index is 1080. The normalized spacial score (nSPS) is 13.3. The van der Waals surface area contributed by atoms with Crippen LogP contribution in [0.3, 0.4) is 0 Å². The molecule has 4 nitrogen and oxygen atoms in total. The molecule has 0 aliphatic carbocycles. The van der Waals surface area contributed by atoms with Crippen LogP contribution in [0.1, 0.15) is 11.1 Å². The molecule has 4 heterocycles. The number of allylic oxidation sites excluding steroid dienone is 1. The monoisotopic (exact) mass is 384 g/mol. The molecule has 28 heavy (non-hydrogen) atoms. The molecule has 5 heteroatoms. The highest BCUT2D eigenvalue weighted by molar-refractivity contribution is 7.08. The highest BCUT2D eigenvalue weighted by Gasteiger charge is 2.23. The van der Waals surface area contributed by atoms with Crippen molar-refractivity contribution >= 4 is 22.7 Å². The lowest BCUT2D eigenvalue weighted by molar-refractivity contribution is 0.678. The van der Waals surface area contributed by atoms with Crippen LogP contribution in [0.4, 0.5) is 5.82 Å². The number of rotatable bonds is 5. The van der Waals surface area contributed by atoms with Crippen LogP contribution in [-0.4, -0.2) is 21.3 Å². The van der Waals surface area contributed by atoms with E-state index in [0.717, 1.165) is 25.3 Å². The standard InChI is InChI=1S/C23H20N4S/c1-2-6-19(7-3-1)22-14-25-27-16-21(20-9-12-28-17-20)15-26(23(22)27)11-8-18-5-4-10-24-13-18/h1-7,9-10,12-15,17H,8,11,16H2. The smallest absolute Gasteiger partial charge is 0.139 e. The molecule has 1 aliphatic rings. The Kier molecular flexibility index (Phi) is 4.51. The molecule has 138 valence electrons. The zero-order valence-corrected chi connectivity index (χ0v) is 16.2. The molecule has 0 unspecified atom stereocenters. The fourth-order valence-corrected chi connectivity index (χ4v) is 4.33. The predicted molar refractivity (Wildman–Crippen MR) is 115 cm³/mol. The van der Waals surface area contributed by atoms with Gasteiger partial charge in [0.05, 0.1) is 12.7 Å². The van der Waals surface area contributed by atoms with Crippen molar-refractivity contribution in [2.75, 3.05) is 11.4 Å². The van der Waals surface area contributed by atoms with Crippen molar-refractivity contribution in [2.24, 2.45) is 0 Å². The summed E-state index contributed by atoms with van der Waals surface area (Å²) in [6, 6.07) is 16.8. The largest absolute Gasteiger partial charge is 0.332 e. The van der Waals surface area contributed by atoms with Gasteiger partial charge in [-0.3, -0.25) is 4.98 Å². The number of hydrogen-bond acceptors (Lipinski definition) is 4. The van der Waals surface area contributed by atoms with Crippen molar-refractivity contribution in [2.45, 2.75) is 13.0 Å². The summed E-state index contributed by atoms with van der Waals surface area (Å²) in [5.74, 6) is 1.16. The first-order valence-electron chi connectivity index (χ1n) is 9.38. The molecule has 0 bridgehead atoms. The van der Waals surface area contributed by atoms with Crippen LogP contribution in [0.15, 0.2) is 84.1 Å². The molecule has 0 spiro atoms. The minimum atomic E-state index is 0.794. The summed E-state index contributed by atoms with van der Waals surface area (Å²) < 4.78 is 2.12. The summed E-state index contributed by atoms with van der Waals surface area (Å²) in [6.07, 6.45) is 8.99. The molecule has 0 fully saturated rings. The molecule has 4 aromatic rings. The fourth-order valence-electron chi connectivity index (χ4n) is 3.65. The van der Waals surface area contributed by atoms with E-state index in [0.29, 0.717) is 0 Å². The van der Waals surface area contributed by atoms with Crippen LogP contribution in [0, 0.1) is 0 Å². The third-order valence-corrected chi connectivity index (χ3v) is 5.74. The average molecular weight is 385 g/mol. The first kappa shape index (κ1) is 17.0. The van der Waals surface area contributed by atoms with Gasteiger partial charge in [0.15, 0.2) is 0 Å². The topological polar surface area (TPSA) is 34.0 Å². The number of benzene rings is 1. The molecule has 0 atom stereocenters. The van der Waals surface area contributed by atoms with Gasteiger partial charge >= 0.3 is 0 Å². The Balaban J connectivity index is 1.53. The summed E-state index contributed by atoms with van der Waals surface area (Å²) in [6.45, 7) is 1.67. The molecule has 0 N–H and O–H groups in total. The molecule has 5 rings (SSSR count). The number of aromatic nitrogens is 3. The third kappa shape index (κ3) is 3.25. The van der Waals surface area contributed by atoms with E-state index in [1.807, 2.05) is 30.7 Å². The molecule has 1 aromatic carbocycles. The van der Waals surface area contributed by atoms with Crippen LogP contribution in [0.2, 0.25) is 0 Å². The summed E-state index contributed by atoms with van der Waals surface area (Å²) in [4.78, 5) is 6.60. The maximum atomic E-state index is 4.72. The second-order valence-electron chi connectivity index (χ2n) is 6.88. The van der Waals surface area contributed by atoms with Crippen molar-refractivity contribution in [3.05, 3.63) is 95.2 Å². The van der Waals surface area contributed by atoms with E-state index in [1.165, 1.54) is 27.8 Å². The number of hydrogen-bond donors (Lipinski definition) is 0. The Morgan fingerprint density at radius 3 is 2.68 bits per heavy atom. The Morgan fingerprint density at radius 1 is 0.964 bits per heavy atom. The quantitative estimate of drug-likeness (QED) is 0.479. The van der Waals surface area contributed by atoms with Gasteiger partial charge in [0.2, 0.25) is 0 Å². The first-order valence-corrected chi connectivity index (χ1v) is 10.3. The van der Waals surface area contributed by atoms with Gasteiger partial charge < -0.3 is 4.90 Å². The van der Waals surface area contributed by atoms with Gasteiger partial charge in [-0.05, 0) is 51.6 Å². The average Bonchev–Trinajstić information content (AvgIpc) is 3.43. The molecular weight excluding hydrogens is 364 g/mol. The summed E-state index contributed by atoms with van der Waals surface area (Å²) >= 11 is 1.73. The molecule has 0 amide bonds. The summed E-state index contributed by atoms with van der Waals surface area (Å²) in [5, 5.41) is 9.06. The number of fused-ring (bicyclic) bond motifs is 1. The van der Waals surface area contributed by atoms with Crippen molar-refractivity contribution in [3.63, 3.8) is 0 Å². The van der Waals surface area contributed by atoms with E-state index in [2.05, 4.69) is 67.9 Å². The molecule has 3 aromatic heterocycles.